The number of sulfonamides is 1. The van der Waals surface area contributed by atoms with Crippen LogP contribution >= 0.6 is 11.8 Å². The minimum absolute atomic E-state index is 0.00371. The first-order chi connectivity index (χ1) is 15.8. The topological polar surface area (TPSA) is 94.2 Å². The molecule has 33 heavy (non-hydrogen) atoms. The Kier molecular flexibility index (Phi) is 8.81. The van der Waals surface area contributed by atoms with E-state index in [9.17, 15) is 17.6 Å². The molecule has 0 saturated heterocycles. The Morgan fingerprint density at radius 1 is 1.18 bits per heavy atom. The number of carbonyl (C=O) groups excluding carboxylic acids is 1. The quantitative estimate of drug-likeness (QED) is 0.509. The van der Waals surface area contributed by atoms with Gasteiger partial charge in [-0.2, -0.15) is 16.5 Å². The highest BCUT2D eigenvalue weighted by atomic mass is 32.2. The van der Waals surface area contributed by atoms with Gasteiger partial charge in [-0.15, -0.1) is 0 Å². The van der Waals surface area contributed by atoms with Crippen molar-refractivity contribution in [3.63, 3.8) is 0 Å². The fourth-order valence-electron chi connectivity index (χ4n) is 3.12. The Morgan fingerprint density at radius 3 is 2.58 bits per heavy atom. The van der Waals surface area contributed by atoms with Crippen LogP contribution in [0.2, 0.25) is 0 Å². The minimum Gasteiger partial charge on any atom is -0.492 e. The number of thioether (sulfide) groups is 1. The van der Waals surface area contributed by atoms with E-state index in [-0.39, 0.29) is 29.8 Å². The van der Waals surface area contributed by atoms with Crippen LogP contribution in [-0.4, -0.2) is 70.7 Å². The number of halogens is 1. The van der Waals surface area contributed by atoms with Gasteiger partial charge >= 0.3 is 0 Å². The van der Waals surface area contributed by atoms with E-state index in [1.165, 1.54) is 53.1 Å². The number of benzene rings is 2. The van der Waals surface area contributed by atoms with Crippen LogP contribution < -0.4 is 18.9 Å². The number of ether oxygens (including phenoxy) is 3. The molecular weight excluding hydrogens is 471 g/mol. The lowest BCUT2D eigenvalue weighted by molar-refractivity contribution is -0.132. The fraction of sp³-hybridized carbons (Fsp3) is 0.409. The van der Waals surface area contributed by atoms with Gasteiger partial charge in [0, 0.05) is 13.1 Å². The van der Waals surface area contributed by atoms with Crippen molar-refractivity contribution < 1.29 is 31.8 Å². The highest BCUT2D eigenvalue weighted by molar-refractivity contribution is 7.98. The first-order valence-corrected chi connectivity index (χ1v) is 13.2. The van der Waals surface area contributed by atoms with E-state index < -0.39 is 16.1 Å². The van der Waals surface area contributed by atoms with Crippen LogP contribution in [0.15, 0.2) is 47.4 Å². The highest BCUT2D eigenvalue weighted by Crippen LogP contribution is 2.32. The van der Waals surface area contributed by atoms with Gasteiger partial charge in [-0.1, -0.05) is 0 Å². The van der Waals surface area contributed by atoms with Crippen molar-refractivity contribution in [2.45, 2.75) is 17.4 Å². The molecule has 1 aliphatic rings. The molecule has 0 aliphatic carbocycles. The van der Waals surface area contributed by atoms with Gasteiger partial charge in [-0.05, 0) is 54.8 Å². The Morgan fingerprint density at radius 2 is 1.88 bits per heavy atom. The number of nitrogens with zero attached hydrogens (tertiary/aromatic N) is 1. The van der Waals surface area contributed by atoms with Crippen LogP contribution in [0.25, 0.3) is 0 Å². The predicted octanol–water partition coefficient (Wildman–Crippen LogP) is 2.53. The Hall–Kier alpha value is -2.50. The van der Waals surface area contributed by atoms with E-state index in [2.05, 4.69) is 4.72 Å². The average molecular weight is 499 g/mol. The van der Waals surface area contributed by atoms with Crippen molar-refractivity contribution in [2.75, 3.05) is 45.4 Å². The summed E-state index contributed by atoms with van der Waals surface area (Å²) in [6.07, 6.45) is 2.21. The maximum absolute atomic E-state index is 13.0. The monoisotopic (exact) mass is 498 g/mol. The van der Waals surface area contributed by atoms with Crippen LogP contribution in [0.5, 0.6) is 17.2 Å². The standard InChI is InChI=1S/C22H27FN2O6S2/c1-25(10-11-29-17-5-3-16(23)4-6-17)22(26)19(9-14-32-2)24-33(27,28)18-7-8-20-21(15-18)31-13-12-30-20/h3-8,15,19,24H,9-14H2,1-2H3. The summed E-state index contributed by atoms with van der Waals surface area (Å²) in [5, 5.41) is 0. The van der Waals surface area contributed by atoms with E-state index in [0.717, 1.165) is 0 Å². The third kappa shape index (κ3) is 6.99. The molecule has 1 unspecified atom stereocenters. The molecule has 8 nitrogen and oxygen atoms in total. The second-order valence-corrected chi connectivity index (χ2v) is 10.0. The summed E-state index contributed by atoms with van der Waals surface area (Å²) in [4.78, 5) is 14.4. The second-order valence-electron chi connectivity index (χ2n) is 7.32. The first-order valence-electron chi connectivity index (χ1n) is 10.3. The maximum atomic E-state index is 13.0. The summed E-state index contributed by atoms with van der Waals surface area (Å²) in [5.74, 6) is 1.18. The lowest BCUT2D eigenvalue weighted by atomic mass is 10.2. The van der Waals surface area contributed by atoms with Gasteiger partial charge in [0.15, 0.2) is 11.5 Å². The predicted molar refractivity (Wildman–Crippen MR) is 124 cm³/mol. The zero-order chi connectivity index (χ0) is 23.8. The van der Waals surface area contributed by atoms with Crippen molar-refractivity contribution in [1.29, 1.82) is 0 Å². The molecule has 1 amide bonds. The van der Waals surface area contributed by atoms with Gasteiger partial charge in [0.05, 0.1) is 11.4 Å². The molecule has 180 valence electrons. The van der Waals surface area contributed by atoms with Gasteiger partial charge in [-0.25, -0.2) is 12.8 Å². The van der Waals surface area contributed by atoms with Crippen LogP contribution in [-0.2, 0) is 14.8 Å². The van der Waals surface area contributed by atoms with Crippen molar-refractivity contribution in [3.05, 3.63) is 48.3 Å². The minimum atomic E-state index is -3.98. The number of rotatable bonds is 11. The molecule has 0 fully saturated rings. The first kappa shape index (κ1) is 25.1. The molecule has 0 aromatic heterocycles. The lowest BCUT2D eigenvalue weighted by Crippen LogP contribution is -2.48. The summed E-state index contributed by atoms with van der Waals surface area (Å²) in [6, 6.07) is 9.00. The van der Waals surface area contributed by atoms with Crippen LogP contribution in [0.3, 0.4) is 0 Å². The van der Waals surface area contributed by atoms with Crippen LogP contribution in [0.4, 0.5) is 4.39 Å². The van der Waals surface area contributed by atoms with Crippen molar-refractivity contribution in [2.24, 2.45) is 0 Å². The van der Waals surface area contributed by atoms with Gasteiger partial charge in [-0.3, -0.25) is 4.79 Å². The molecule has 3 rings (SSSR count). The summed E-state index contributed by atoms with van der Waals surface area (Å²) in [6.45, 7) is 1.15. The Balaban J connectivity index is 1.64. The third-order valence-corrected chi connectivity index (χ3v) is 7.03. The molecule has 11 heteroatoms. The van der Waals surface area contributed by atoms with Crippen LogP contribution in [0, 0.1) is 5.82 Å². The normalized spacial score (nSPS) is 13.9. The summed E-state index contributed by atoms with van der Waals surface area (Å²) < 4.78 is 58.0. The van der Waals surface area contributed by atoms with Gasteiger partial charge in [0.1, 0.15) is 37.4 Å². The number of nitrogens with one attached hydrogen (secondary N) is 1. The van der Waals surface area contributed by atoms with E-state index in [1.807, 2.05) is 6.26 Å². The van der Waals surface area contributed by atoms with Crippen molar-refractivity contribution in [1.82, 2.24) is 9.62 Å². The molecule has 1 atom stereocenters. The second kappa shape index (κ2) is 11.6. The van der Waals surface area contributed by atoms with Gasteiger partial charge < -0.3 is 19.1 Å². The smallest absolute Gasteiger partial charge is 0.241 e. The van der Waals surface area contributed by atoms with Crippen LogP contribution in [0.1, 0.15) is 6.42 Å². The summed E-state index contributed by atoms with van der Waals surface area (Å²) in [7, 11) is -2.39. The van der Waals surface area contributed by atoms with Crippen molar-refractivity contribution in [3.8, 4) is 17.2 Å². The fourth-order valence-corrected chi connectivity index (χ4v) is 4.83. The number of amides is 1. The number of likely N-dealkylation sites (N-methyl/N-ethyl adjacent to an activating group) is 1. The average Bonchev–Trinajstić information content (AvgIpc) is 2.82. The summed E-state index contributed by atoms with van der Waals surface area (Å²) >= 11 is 1.52. The molecule has 1 heterocycles. The lowest BCUT2D eigenvalue weighted by Gasteiger charge is -2.25. The number of carbonyl (C=O) groups is 1. The molecular formula is C22H27FN2O6S2. The number of hydrogen-bond donors (Lipinski definition) is 1. The van der Waals surface area contributed by atoms with E-state index in [4.69, 9.17) is 14.2 Å². The maximum Gasteiger partial charge on any atom is 0.241 e. The van der Waals surface area contributed by atoms with E-state index in [1.54, 1.807) is 13.1 Å². The largest absolute Gasteiger partial charge is 0.492 e. The SMILES string of the molecule is CSCCC(NS(=O)(=O)c1ccc2c(c1)OCCO2)C(=O)N(C)CCOc1ccc(F)cc1. The Labute approximate surface area is 197 Å². The molecule has 1 aliphatic heterocycles. The highest BCUT2D eigenvalue weighted by Gasteiger charge is 2.28. The Bertz CT molecular complexity index is 1050. The number of fused-ring (bicyclic) bond motifs is 1. The molecule has 0 saturated carbocycles. The van der Waals surface area contributed by atoms with E-state index >= 15 is 0 Å². The van der Waals surface area contributed by atoms with Gasteiger partial charge in [0.2, 0.25) is 15.9 Å². The van der Waals surface area contributed by atoms with Gasteiger partial charge in [0.25, 0.3) is 0 Å². The molecule has 0 bridgehead atoms. The molecule has 1 N–H and O–H groups in total. The number of hydrogen-bond acceptors (Lipinski definition) is 7. The zero-order valence-corrected chi connectivity index (χ0v) is 20.1. The molecule has 2 aromatic rings. The summed E-state index contributed by atoms with van der Waals surface area (Å²) in [5.41, 5.74) is 0. The van der Waals surface area contributed by atoms with E-state index in [0.29, 0.717) is 42.6 Å². The molecule has 0 spiro atoms. The molecule has 2 aromatic carbocycles. The molecule has 0 radical (unpaired) electrons. The third-order valence-electron chi connectivity index (χ3n) is 4.92. The van der Waals surface area contributed by atoms with Crippen molar-refractivity contribution >= 4 is 27.7 Å². The zero-order valence-electron chi connectivity index (χ0n) is 18.5.